The predicted octanol–water partition coefficient (Wildman–Crippen LogP) is 3.28. The summed E-state index contributed by atoms with van der Waals surface area (Å²) in [5.74, 6) is -5.64. The van der Waals surface area contributed by atoms with Crippen LogP contribution in [0.5, 0.6) is 0 Å². The molecule has 0 aliphatic heterocycles. The second kappa shape index (κ2) is 4.56. The molecule has 1 unspecified atom stereocenters. The highest BCUT2D eigenvalue weighted by Crippen LogP contribution is 2.44. The van der Waals surface area contributed by atoms with Crippen LogP contribution in [-0.4, -0.2) is 19.1 Å². The van der Waals surface area contributed by atoms with Crippen molar-refractivity contribution in [3.05, 3.63) is 35.6 Å². The lowest BCUT2D eigenvalue weighted by Crippen LogP contribution is -2.47. The van der Waals surface area contributed by atoms with Gasteiger partial charge in [-0.1, -0.05) is 12.1 Å². The van der Waals surface area contributed by atoms with Crippen LogP contribution in [0.15, 0.2) is 24.3 Å². The van der Waals surface area contributed by atoms with Crippen molar-refractivity contribution in [1.29, 1.82) is 0 Å². The molecule has 1 aromatic carbocycles. The first kappa shape index (κ1) is 13.8. The van der Waals surface area contributed by atoms with E-state index in [1.807, 2.05) is 5.32 Å². The highest BCUT2D eigenvalue weighted by Gasteiger charge is 2.62. The number of alkyl halides is 5. The normalized spacial score (nSPS) is 14.8. The van der Waals surface area contributed by atoms with Crippen LogP contribution in [0.25, 0.3) is 0 Å². The molecule has 0 aromatic heterocycles. The van der Waals surface area contributed by atoms with Crippen molar-refractivity contribution in [2.75, 3.05) is 7.05 Å². The van der Waals surface area contributed by atoms with Crippen LogP contribution in [0.2, 0.25) is 0 Å². The summed E-state index contributed by atoms with van der Waals surface area (Å²) >= 11 is 0. The van der Waals surface area contributed by atoms with Crippen LogP contribution in [-0.2, 0) is 0 Å². The highest BCUT2D eigenvalue weighted by atomic mass is 19.4. The monoisotopic (exact) mass is 257 g/mol. The lowest BCUT2D eigenvalue weighted by atomic mass is 10.0. The average Bonchev–Trinajstić information content (AvgIpc) is 2.20. The van der Waals surface area contributed by atoms with Gasteiger partial charge in [0.05, 0.1) is 0 Å². The summed E-state index contributed by atoms with van der Waals surface area (Å²) in [4.78, 5) is 0. The van der Waals surface area contributed by atoms with Gasteiger partial charge in [-0.05, 0) is 24.7 Å². The second-order valence-corrected chi connectivity index (χ2v) is 3.39. The molecule has 0 amide bonds. The highest BCUT2D eigenvalue weighted by molar-refractivity contribution is 5.22. The number of nitrogens with one attached hydrogen (secondary N) is 1. The van der Waals surface area contributed by atoms with Gasteiger partial charge in [-0.2, -0.15) is 22.0 Å². The lowest BCUT2D eigenvalue weighted by molar-refractivity contribution is -0.293. The molecule has 17 heavy (non-hydrogen) atoms. The Kier molecular flexibility index (Phi) is 3.71. The number of hydrogen-bond acceptors (Lipinski definition) is 1. The third-order valence-electron chi connectivity index (χ3n) is 2.23. The number of halogens is 6. The Balaban J connectivity index is 3.11. The van der Waals surface area contributed by atoms with Crippen LogP contribution in [0, 0.1) is 5.82 Å². The summed E-state index contributed by atoms with van der Waals surface area (Å²) in [5.41, 5.74) is -0.337. The molecule has 0 saturated carbocycles. The smallest absolute Gasteiger partial charge is 0.308 e. The van der Waals surface area contributed by atoms with Crippen molar-refractivity contribution >= 4 is 0 Å². The second-order valence-electron chi connectivity index (χ2n) is 3.39. The lowest BCUT2D eigenvalue weighted by Gasteiger charge is -2.28. The van der Waals surface area contributed by atoms with Gasteiger partial charge < -0.3 is 5.32 Å². The van der Waals surface area contributed by atoms with Crippen LogP contribution < -0.4 is 5.32 Å². The molecule has 0 spiro atoms. The molecule has 1 aromatic rings. The van der Waals surface area contributed by atoms with E-state index in [2.05, 4.69) is 0 Å². The van der Waals surface area contributed by atoms with E-state index < -0.39 is 24.0 Å². The SMILES string of the molecule is CNC(c1ccc(F)cc1)C(F)(F)C(F)(F)F. The molecule has 0 heterocycles. The molecular formula is C10H9F6N. The molecule has 0 radical (unpaired) electrons. The molecule has 0 aliphatic carbocycles. The van der Waals surface area contributed by atoms with Gasteiger partial charge in [0.2, 0.25) is 0 Å². The fraction of sp³-hybridized carbons (Fsp3) is 0.400. The first-order chi connectivity index (χ1) is 7.70. The molecule has 1 nitrogen and oxygen atoms in total. The Morgan fingerprint density at radius 2 is 1.47 bits per heavy atom. The van der Waals surface area contributed by atoms with Gasteiger partial charge in [0.25, 0.3) is 0 Å². The zero-order valence-corrected chi connectivity index (χ0v) is 8.65. The van der Waals surface area contributed by atoms with E-state index in [0.717, 1.165) is 31.3 Å². The maximum absolute atomic E-state index is 13.1. The summed E-state index contributed by atoms with van der Waals surface area (Å²) < 4.78 is 75.3. The third-order valence-corrected chi connectivity index (χ3v) is 2.23. The van der Waals surface area contributed by atoms with Crippen molar-refractivity contribution < 1.29 is 26.3 Å². The van der Waals surface area contributed by atoms with Gasteiger partial charge in [0.1, 0.15) is 11.9 Å². The molecule has 1 atom stereocenters. The number of hydrogen-bond donors (Lipinski definition) is 1. The molecular weight excluding hydrogens is 248 g/mol. The van der Waals surface area contributed by atoms with E-state index in [1.165, 1.54) is 0 Å². The Morgan fingerprint density at radius 3 is 1.82 bits per heavy atom. The minimum Gasteiger partial charge on any atom is -0.308 e. The van der Waals surface area contributed by atoms with Gasteiger partial charge in [-0.15, -0.1) is 0 Å². The number of rotatable bonds is 3. The van der Waals surface area contributed by atoms with Gasteiger partial charge in [0.15, 0.2) is 0 Å². The molecule has 0 saturated heterocycles. The maximum Gasteiger partial charge on any atom is 0.455 e. The van der Waals surface area contributed by atoms with Crippen molar-refractivity contribution in [2.45, 2.75) is 18.1 Å². The minimum absolute atomic E-state index is 0.337. The number of benzene rings is 1. The summed E-state index contributed by atoms with van der Waals surface area (Å²) in [6.45, 7) is 0. The van der Waals surface area contributed by atoms with E-state index in [1.54, 1.807) is 0 Å². The quantitative estimate of drug-likeness (QED) is 0.819. The Morgan fingerprint density at radius 1 is 1.00 bits per heavy atom. The van der Waals surface area contributed by atoms with Crippen LogP contribution in [0.3, 0.4) is 0 Å². The fourth-order valence-corrected chi connectivity index (χ4v) is 1.38. The zero-order valence-electron chi connectivity index (χ0n) is 8.65. The summed E-state index contributed by atoms with van der Waals surface area (Å²) in [7, 11) is 0.980. The molecule has 0 fully saturated rings. The fourth-order valence-electron chi connectivity index (χ4n) is 1.38. The molecule has 1 rings (SSSR count). The third kappa shape index (κ3) is 2.71. The Bertz CT molecular complexity index is 369. The van der Waals surface area contributed by atoms with E-state index >= 15 is 0 Å². The van der Waals surface area contributed by atoms with Crippen LogP contribution in [0.1, 0.15) is 11.6 Å². The first-order valence-electron chi connectivity index (χ1n) is 4.57. The van der Waals surface area contributed by atoms with Crippen LogP contribution in [0.4, 0.5) is 26.3 Å². The maximum atomic E-state index is 13.1. The van der Waals surface area contributed by atoms with Gasteiger partial charge in [0, 0.05) is 0 Å². The van der Waals surface area contributed by atoms with Gasteiger partial charge >= 0.3 is 12.1 Å². The summed E-state index contributed by atoms with van der Waals surface area (Å²) in [6, 6.07) is 1.17. The van der Waals surface area contributed by atoms with Gasteiger partial charge in [-0.3, -0.25) is 0 Å². The predicted molar refractivity (Wildman–Crippen MR) is 49.2 cm³/mol. The molecule has 0 bridgehead atoms. The van der Waals surface area contributed by atoms with E-state index in [9.17, 15) is 26.3 Å². The van der Waals surface area contributed by atoms with Crippen molar-refractivity contribution in [3.63, 3.8) is 0 Å². The standard InChI is InChI=1S/C10H9F6N/c1-17-8(9(12,13)10(14,15)16)6-2-4-7(11)5-3-6/h2-5,8,17H,1H3. The van der Waals surface area contributed by atoms with Crippen molar-refractivity contribution in [3.8, 4) is 0 Å². The molecule has 0 aliphatic rings. The Labute approximate surface area is 93.4 Å². The average molecular weight is 257 g/mol. The topological polar surface area (TPSA) is 12.0 Å². The first-order valence-corrected chi connectivity index (χ1v) is 4.57. The summed E-state index contributed by atoms with van der Waals surface area (Å²) in [6.07, 6.45) is -5.67. The zero-order chi connectivity index (χ0) is 13.3. The van der Waals surface area contributed by atoms with Gasteiger partial charge in [-0.25, -0.2) is 4.39 Å². The van der Waals surface area contributed by atoms with E-state index in [4.69, 9.17) is 0 Å². The van der Waals surface area contributed by atoms with Crippen molar-refractivity contribution in [2.24, 2.45) is 0 Å². The van der Waals surface area contributed by atoms with E-state index in [-0.39, 0.29) is 5.56 Å². The largest absolute Gasteiger partial charge is 0.455 e. The van der Waals surface area contributed by atoms with Crippen molar-refractivity contribution in [1.82, 2.24) is 5.32 Å². The van der Waals surface area contributed by atoms with E-state index in [0.29, 0.717) is 0 Å². The summed E-state index contributed by atoms with van der Waals surface area (Å²) in [5, 5.41) is 1.89. The minimum atomic E-state index is -5.67. The molecule has 7 heteroatoms. The Hall–Kier alpha value is -1.24. The van der Waals surface area contributed by atoms with Crippen LogP contribution >= 0.6 is 0 Å². The molecule has 96 valence electrons. The molecule has 1 N–H and O–H groups in total.